The van der Waals surface area contributed by atoms with E-state index in [2.05, 4.69) is 4.90 Å². The van der Waals surface area contributed by atoms with Gasteiger partial charge in [-0.25, -0.2) is 8.42 Å². The van der Waals surface area contributed by atoms with Crippen LogP contribution in [0, 0.1) is 0 Å². The molecular formula is C19H28N2O3S2. The van der Waals surface area contributed by atoms with Crippen LogP contribution < -0.4 is 0 Å². The van der Waals surface area contributed by atoms with Crippen LogP contribution in [0.4, 0.5) is 0 Å². The molecule has 2 heterocycles. The van der Waals surface area contributed by atoms with Crippen molar-refractivity contribution in [2.24, 2.45) is 0 Å². The zero-order valence-corrected chi connectivity index (χ0v) is 17.0. The fraction of sp³-hybridized carbons (Fsp3) is 0.632. The minimum Gasteiger partial charge on any atom is -0.302 e. The molecule has 0 spiro atoms. The summed E-state index contributed by atoms with van der Waals surface area (Å²) in [5, 5.41) is 0. The van der Waals surface area contributed by atoms with Crippen LogP contribution in [0.25, 0.3) is 0 Å². The van der Waals surface area contributed by atoms with Crippen LogP contribution in [0.5, 0.6) is 0 Å². The molecule has 0 radical (unpaired) electrons. The van der Waals surface area contributed by atoms with E-state index in [0.29, 0.717) is 12.1 Å². The molecule has 5 nitrogen and oxygen atoms in total. The van der Waals surface area contributed by atoms with Crippen molar-refractivity contribution in [3.63, 3.8) is 0 Å². The van der Waals surface area contributed by atoms with Crippen molar-refractivity contribution in [1.82, 2.24) is 9.21 Å². The summed E-state index contributed by atoms with van der Waals surface area (Å²) < 4.78 is 28.3. The van der Waals surface area contributed by atoms with Gasteiger partial charge in [-0.15, -0.1) is 0 Å². The van der Waals surface area contributed by atoms with Crippen molar-refractivity contribution in [1.29, 1.82) is 0 Å². The average Bonchev–Trinajstić information content (AvgIpc) is 2.88. The van der Waals surface area contributed by atoms with Crippen LogP contribution in [0.1, 0.15) is 43.0 Å². The summed E-state index contributed by atoms with van der Waals surface area (Å²) in [5.74, 6) is 1.80. The van der Waals surface area contributed by atoms with Crippen LogP contribution in [-0.2, 0) is 10.0 Å². The molecular weight excluding hydrogens is 368 g/mol. The number of likely N-dealkylation sites (tertiary alicyclic amines) is 1. The summed E-state index contributed by atoms with van der Waals surface area (Å²) in [6.07, 6.45) is 4.57. The minimum atomic E-state index is -3.55. The molecule has 2 fully saturated rings. The van der Waals surface area contributed by atoms with E-state index in [9.17, 15) is 13.2 Å². The lowest BCUT2D eigenvalue weighted by Crippen LogP contribution is -2.49. The highest BCUT2D eigenvalue weighted by molar-refractivity contribution is 7.99. The summed E-state index contributed by atoms with van der Waals surface area (Å²) in [4.78, 5) is 14.2. The quantitative estimate of drug-likeness (QED) is 0.717. The number of carbonyl (C=O) groups excluding carboxylic acids is 1. The molecule has 0 N–H and O–H groups in total. The van der Waals surface area contributed by atoms with Gasteiger partial charge in [0.2, 0.25) is 10.0 Å². The van der Waals surface area contributed by atoms with Gasteiger partial charge in [0, 0.05) is 30.4 Å². The molecule has 3 rings (SSSR count). The van der Waals surface area contributed by atoms with E-state index in [1.165, 1.54) is 26.2 Å². The number of carbonyl (C=O) groups is 1. The smallest absolute Gasteiger partial charge is 0.243 e. The summed E-state index contributed by atoms with van der Waals surface area (Å²) in [6.45, 7) is 5.02. The van der Waals surface area contributed by atoms with Gasteiger partial charge in [0.1, 0.15) is 0 Å². The number of Topliss-reactive ketones (excluding diaryl/α,β-unsaturated/α-hetero) is 1. The number of sulfonamides is 1. The van der Waals surface area contributed by atoms with Crippen LogP contribution in [0.15, 0.2) is 29.2 Å². The van der Waals surface area contributed by atoms with Gasteiger partial charge in [-0.05, 0) is 57.2 Å². The highest BCUT2D eigenvalue weighted by Gasteiger charge is 2.34. The third-order valence-electron chi connectivity index (χ3n) is 5.17. The number of rotatable bonds is 5. The summed E-state index contributed by atoms with van der Waals surface area (Å²) in [5.41, 5.74) is 0.542. The molecule has 0 bridgehead atoms. The molecule has 1 aromatic carbocycles. The molecule has 0 saturated carbocycles. The lowest BCUT2D eigenvalue weighted by atomic mass is 10.1. The molecule has 26 heavy (non-hydrogen) atoms. The Hall–Kier alpha value is -0.890. The summed E-state index contributed by atoms with van der Waals surface area (Å²) in [7, 11) is -3.55. The lowest BCUT2D eigenvalue weighted by molar-refractivity contribution is 0.101. The first-order valence-corrected chi connectivity index (χ1v) is 12.0. The molecule has 7 heteroatoms. The molecule has 1 atom stereocenters. The average molecular weight is 397 g/mol. The third kappa shape index (κ3) is 4.68. The maximum absolute atomic E-state index is 13.3. The Morgan fingerprint density at radius 1 is 1.08 bits per heavy atom. The zero-order valence-electron chi connectivity index (χ0n) is 15.4. The van der Waals surface area contributed by atoms with Gasteiger partial charge in [-0.1, -0.05) is 18.6 Å². The molecule has 2 aliphatic rings. The van der Waals surface area contributed by atoms with E-state index in [4.69, 9.17) is 0 Å². The SMILES string of the molecule is CC(=O)c1ccc(S(=O)(=O)N2CCCSCC2CN2CCCCC2)cc1. The van der Waals surface area contributed by atoms with E-state index in [-0.39, 0.29) is 16.7 Å². The predicted molar refractivity (Wildman–Crippen MR) is 106 cm³/mol. The largest absolute Gasteiger partial charge is 0.302 e. The first-order chi connectivity index (χ1) is 12.5. The second-order valence-corrected chi connectivity index (χ2v) is 10.2. The second kappa shape index (κ2) is 8.87. The van der Waals surface area contributed by atoms with Gasteiger partial charge in [0.05, 0.1) is 4.90 Å². The monoisotopic (exact) mass is 396 g/mol. The normalized spacial score (nSPS) is 23.5. The fourth-order valence-electron chi connectivity index (χ4n) is 3.70. The third-order valence-corrected chi connectivity index (χ3v) is 8.33. The minimum absolute atomic E-state index is 0.0121. The van der Waals surface area contributed by atoms with Gasteiger partial charge < -0.3 is 4.90 Å². The zero-order chi connectivity index (χ0) is 18.6. The molecule has 2 aliphatic heterocycles. The number of hydrogen-bond acceptors (Lipinski definition) is 5. The van der Waals surface area contributed by atoms with E-state index in [0.717, 1.165) is 37.6 Å². The molecule has 0 aliphatic carbocycles. The Morgan fingerprint density at radius 2 is 1.77 bits per heavy atom. The van der Waals surface area contributed by atoms with Gasteiger partial charge in [0.15, 0.2) is 5.78 Å². The Morgan fingerprint density at radius 3 is 2.42 bits per heavy atom. The Labute approximate surface area is 161 Å². The number of benzene rings is 1. The van der Waals surface area contributed by atoms with E-state index >= 15 is 0 Å². The maximum Gasteiger partial charge on any atom is 0.243 e. The van der Waals surface area contributed by atoms with E-state index < -0.39 is 10.0 Å². The van der Waals surface area contributed by atoms with Crippen LogP contribution in [0.2, 0.25) is 0 Å². The molecule has 1 unspecified atom stereocenters. The standard InChI is InChI=1S/C19H28N2O3S2/c1-16(22)17-6-8-19(9-7-17)26(23,24)21-12-5-13-25-15-18(21)14-20-10-3-2-4-11-20/h6-9,18H,2-5,10-15H2,1H3. The lowest BCUT2D eigenvalue weighted by Gasteiger charge is -2.35. The Balaban J connectivity index is 1.82. The van der Waals surface area contributed by atoms with Gasteiger partial charge in [-0.2, -0.15) is 16.1 Å². The van der Waals surface area contributed by atoms with Crippen LogP contribution >= 0.6 is 11.8 Å². The van der Waals surface area contributed by atoms with Crippen LogP contribution in [0.3, 0.4) is 0 Å². The van der Waals surface area contributed by atoms with Crippen molar-refractivity contribution >= 4 is 27.6 Å². The van der Waals surface area contributed by atoms with Crippen molar-refractivity contribution < 1.29 is 13.2 Å². The molecule has 0 aromatic heterocycles. The number of piperidine rings is 1. The highest BCUT2D eigenvalue weighted by Crippen LogP contribution is 2.26. The Kier molecular flexibility index (Phi) is 6.77. The maximum atomic E-state index is 13.3. The number of hydrogen-bond donors (Lipinski definition) is 0. The number of nitrogens with zero attached hydrogens (tertiary/aromatic N) is 2. The van der Waals surface area contributed by atoms with Gasteiger partial charge >= 0.3 is 0 Å². The van der Waals surface area contributed by atoms with Crippen molar-refractivity contribution in [2.45, 2.75) is 43.5 Å². The Bertz CT molecular complexity index is 713. The topological polar surface area (TPSA) is 57.7 Å². The van der Waals surface area contributed by atoms with Crippen LogP contribution in [-0.4, -0.2) is 67.1 Å². The highest BCUT2D eigenvalue weighted by atomic mass is 32.2. The molecule has 144 valence electrons. The van der Waals surface area contributed by atoms with Gasteiger partial charge in [0.25, 0.3) is 0 Å². The summed E-state index contributed by atoms with van der Waals surface area (Å²) >= 11 is 1.86. The summed E-state index contributed by atoms with van der Waals surface area (Å²) in [6, 6.07) is 6.38. The second-order valence-electron chi connectivity index (χ2n) is 7.14. The molecule has 0 amide bonds. The van der Waals surface area contributed by atoms with Crippen molar-refractivity contribution in [2.75, 3.05) is 37.7 Å². The first kappa shape index (κ1) is 19.9. The number of thioether (sulfide) groups is 1. The number of ketones is 1. The van der Waals surface area contributed by atoms with Crippen molar-refractivity contribution in [3.8, 4) is 0 Å². The van der Waals surface area contributed by atoms with E-state index in [1.807, 2.05) is 11.8 Å². The first-order valence-electron chi connectivity index (χ1n) is 9.41. The van der Waals surface area contributed by atoms with Gasteiger partial charge in [-0.3, -0.25) is 4.79 Å². The fourth-order valence-corrected chi connectivity index (χ4v) is 6.51. The molecule has 2 saturated heterocycles. The van der Waals surface area contributed by atoms with Crippen molar-refractivity contribution in [3.05, 3.63) is 29.8 Å². The predicted octanol–water partition coefficient (Wildman–Crippen LogP) is 2.87. The van der Waals surface area contributed by atoms with E-state index in [1.54, 1.807) is 28.6 Å². The molecule has 1 aromatic rings.